The van der Waals surface area contributed by atoms with Crippen LogP contribution in [0.4, 0.5) is 0 Å². The highest BCUT2D eigenvalue weighted by atomic mass is 28.4. The highest BCUT2D eigenvalue weighted by Crippen LogP contribution is 2.42. The van der Waals surface area contributed by atoms with Gasteiger partial charge in [-0.05, 0) is 36.9 Å². The van der Waals surface area contributed by atoms with Gasteiger partial charge in [-0.3, -0.25) is 0 Å². The molecule has 0 radical (unpaired) electrons. The minimum Gasteiger partial charge on any atom is -0.411 e. The molecule has 1 aliphatic heterocycles. The van der Waals surface area contributed by atoms with E-state index < -0.39 is 8.32 Å². The van der Waals surface area contributed by atoms with Crippen LogP contribution in [0.5, 0.6) is 0 Å². The minimum absolute atomic E-state index is 0.181. The molecule has 0 bridgehead atoms. The Balaban J connectivity index is 2.04. The van der Waals surface area contributed by atoms with Crippen LogP contribution in [0.1, 0.15) is 66.2 Å². The molecule has 5 atom stereocenters. The molecule has 0 aromatic carbocycles. The zero-order valence-corrected chi connectivity index (χ0v) is 18.3. The lowest BCUT2D eigenvalue weighted by molar-refractivity contribution is 0.0805. The molecule has 2 fully saturated rings. The molecular weight excluding hydrogens is 328 g/mol. The first kappa shape index (κ1) is 21.1. The van der Waals surface area contributed by atoms with E-state index in [2.05, 4.69) is 52.9 Å². The van der Waals surface area contributed by atoms with Gasteiger partial charge in [-0.15, -0.1) is 0 Å². The second-order valence-corrected chi connectivity index (χ2v) is 14.3. The molecule has 1 heterocycles. The Labute approximate surface area is 156 Å². The van der Waals surface area contributed by atoms with E-state index in [0.717, 1.165) is 25.9 Å². The first-order chi connectivity index (χ1) is 11.7. The van der Waals surface area contributed by atoms with E-state index in [9.17, 15) is 5.11 Å². The molecular formula is C21H40O3Si. The zero-order valence-electron chi connectivity index (χ0n) is 17.3. The fraction of sp³-hybridized carbons (Fsp3) is 0.905. The summed E-state index contributed by atoms with van der Waals surface area (Å²) in [4.78, 5) is 0. The molecule has 0 amide bonds. The molecule has 0 spiro atoms. The lowest BCUT2D eigenvalue weighted by Crippen LogP contribution is -2.43. The highest BCUT2D eigenvalue weighted by Gasteiger charge is 2.45. The van der Waals surface area contributed by atoms with Crippen LogP contribution in [0, 0.1) is 11.8 Å². The van der Waals surface area contributed by atoms with Crippen LogP contribution in [0.15, 0.2) is 12.2 Å². The summed E-state index contributed by atoms with van der Waals surface area (Å²) in [5.74, 6) is 0.736. The Bertz CT molecular complexity index is 441. The number of rotatable bonds is 8. The third-order valence-electron chi connectivity index (χ3n) is 6.57. The van der Waals surface area contributed by atoms with Gasteiger partial charge in [0.05, 0.1) is 18.3 Å². The van der Waals surface area contributed by atoms with Gasteiger partial charge in [-0.1, -0.05) is 59.1 Å². The first-order valence-corrected chi connectivity index (χ1v) is 13.2. The normalized spacial score (nSPS) is 31.6. The van der Waals surface area contributed by atoms with Gasteiger partial charge in [0.25, 0.3) is 0 Å². The molecule has 25 heavy (non-hydrogen) atoms. The van der Waals surface area contributed by atoms with E-state index in [1.165, 1.54) is 19.3 Å². The van der Waals surface area contributed by atoms with E-state index >= 15 is 0 Å². The van der Waals surface area contributed by atoms with Crippen molar-refractivity contribution in [3.8, 4) is 0 Å². The van der Waals surface area contributed by atoms with E-state index in [1.54, 1.807) is 0 Å². The van der Waals surface area contributed by atoms with Gasteiger partial charge < -0.3 is 14.3 Å². The number of unbranched alkanes of at least 4 members (excludes halogenated alkanes) is 2. The summed E-state index contributed by atoms with van der Waals surface area (Å²) in [6.07, 6.45) is 11.4. The van der Waals surface area contributed by atoms with Crippen LogP contribution in [0.3, 0.4) is 0 Å². The molecule has 4 heteroatoms. The van der Waals surface area contributed by atoms with E-state index in [4.69, 9.17) is 9.16 Å². The number of aliphatic hydroxyl groups is 1. The molecule has 146 valence electrons. The van der Waals surface area contributed by atoms with Gasteiger partial charge >= 0.3 is 0 Å². The van der Waals surface area contributed by atoms with Crippen molar-refractivity contribution in [2.24, 2.45) is 11.8 Å². The van der Waals surface area contributed by atoms with Crippen molar-refractivity contribution in [2.45, 2.75) is 103 Å². The summed E-state index contributed by atoms with van der Waals surface area (Å²) in [6.45, 7) is 14.7. The maximum absolute atomic E-state index is 10.4. The van der Waals surface area contributed by atoms with Gasteiger partial charge in [-0.2, -0.15) is 0 Å². The van der Waals surface area contributed by atoms with Crippen LogP contribution in [0.25, 0.3) is 0 Å². The lowest BCUT2D eigenvalue weighted by atomic mass is 9.91. The zero-order chi connectivity index (χ0) is 18.7. The maximum atomic E-state index is 10.4. The van der Waals surface area contributed by atoms with Crippen molar-refractivity contribution in [2.75, 3.05) is 6.61 Å². The Morgan fingerprint density at radius 2 is 2.00 bits per heavy atom. The Morgan fingerprint density at radius 1 is 1.28 bits per heavy atom. The fourth-order valence-electron chi connectivity index (χ4n) is 3.90. The van der Waals surface area contributed by atoms with Crippen LogP contribution >= 0.6 is 0 Å². The Hall–Kier alpha value is -0.163. The minimum atomic E-state index is -1.79. The van der Waals surface area contributed by atoms with Gasteiger partial charge in [0.15, 0.2) is 8.32 Å². The monoisotopic (exact) mass is 368 g/mol. The van der Waals surface area contributed by atoms with Crippen molar-refractivity contribution in [3.63, 3.8) is 0 Å². The molecule has 0 aromatic heterocycles. The average Bonchev–Trinajstić information content (AvgIpc) is 3.04. The molecule has 3 nitrogen and oxygen atoms in total. The van der Waals surface area contributed by atoms with Crippen molar-refractivity contribution in [3.05, 3.63) is 12.2 Å². The van der Waals surface area contributed by atoms with Crippen molar-refractivity contribution < 1.29 is 14.3 Å². The third kappa shape index (κ3) is 5.41. The quantitative estimate of drug-likeness (QED) is 0.359. The van der Waals surface area contributed by atoms with Crippen molar-refractivity contribution >= 4 is 8.32 Å². The van der Waals surface area contributed by atoms with Gasteiger partial charge in [0, 0.05) is 18.9 Å². The SMILES string of the molecule is CCCCCC(/C=C/C1C(O)C[C@H]2OCC[C@H]12)O[Si](C)(C)C(C)(C)C. The summed E-state index contributed by atoms with van der Waals surface area (Å²) in [7, 11) is -1.79. The highest BCUT2D eigenvalue weighted by molar-refractivity contribution is 6.74. The van der Waals surface area contributed by atoms with Gasteiger partial charge in [0.2, 0.25) is 0 Å². The fourth-order valence-corrected chi connectivity index (χ4v) is 5.20. The molecule has 0 aromatic rings. The second kappa shape index (κ2) is 8.68. The molecule has 2 rings (SSSR count). The van der Waals surface area contributed by atoms with Gasteiger partial charge in [-0.25, -0.2) is 0 Å². The number of aliphatic hydroxyl groups excluding tert-OH is 1. The van der Waals surface area contributed by atoms with Crippen LogP contribution in [0.2, 0.25) is 18.1 Å². The van der Waals surface area contributed by atoms with Gasteiger partial charge in [0.1, 0.15) is 0 Å². The number of fused-ring (bicyclic) bond motifs is 1. The largest absolute Gasteiger partial charge is 0.411 e. The number of ether oxygens (including phenoxy) is 1. The summed E-state index contributed by atoms with van der Waals surface area (Å²) in [5, 5.41) is 10.6. The average molecular weight is 369 g/mol. The van der Waals surface area contributed by atoms with Crippen LogP contribution < -0.4 is 0 Å². The van der Waals surface area contributed by atoms with Crippen molar-refractivity contribution in [1.29, 1.82) is 0 Å². The predicted octanol–water partition coefficient (Wildman–Crippen LogP) is 5.30. The Morgan fingerprint density at radius 3 is 2.64 bits per heavy atom. The summed E-state index contributed by atoms with van der Waals surface area (Å²) < 4.78 is 12.5. The molecule has 1 N–H and O–H groups in total. The molecule has 2 aliphatic rings. The van der Waals surface area contributed by atoms with E-state index in [1.807, 2.05) is 0 Å². The number of hydrogen-bond acceptors (Lipinski definition) is 3. The first-order valence-electron chi connectivity index (χ1n) is 10.3. The molecule has 1 saturated heterocycles. The lowest BCUT2D eigenvalue weighted by Gasteiger charge is -2.39. The van der Waals surface area contributed by atoms with E-state index in [-0.39, 0.29) is 29.3 Å². The standard InChI is InChI=1S/C21H40O3Si/c1-7-8-9-10-16(24-25(5,6)21(2,3)4)11-12-17-18-13-14-23-20(18)15-19(17)22/h11-12,16-20,22H,7-10,13-15H2,1-6H3/b12-11+/t16?,17?,18-,19?,20-/m1/s1. The smallest absolute Gasteiger partial charge is 0.192 e. The molecule has 1 saturated carbocycles. The third-order valence-corrected chi connectivity index (χ3v) is 11.1. The summed E-state index contributed by atoms with van der Waals surface area (Å²) >= 11 is 0. The van der Waals surface area contributed by atoms with Crippen LogP contribution in [-0.4, -0.2) is 38.3 Å². The van der Waals surface area contributed by atoms with Crippen LogP contribution in [-0.2, 0) is 9.16 Å². The van der Waals surface area contributed by atoms with E-state index in [0.29, 0.717) is 5.92 Å². The second-order valence-electron chi connectivity index (χ2n) is 9.54. The predicted molar refractivity (Wildman–Crippen MR) is 107 cm³/mol. The molecule has 3 unspecified atom stereocenters. The topological polar surface area (TPSA) is 38.7 Å². The Kier molecular flexibility index (Phi) is 7.34. The molecule has 1 aliphatic carbocycles. The maximum Gasteiger partial charge on any atom is 0.192 e. The number of hydrogen-bond donors (Lipinski definition) is 1. The summed E-state index contributed by atoms with van der Waals surface area (Å²) in [6, 6.07) is 0. The summed E-state index contributed by atoms with van der Waals surface area (Å²) in [5.41, 5.74) is 0. The van der Waals surface area contributed by atoms with Crippen molar-refractivity contribution in [1.82, 2.24) is 0 Å².